The first kappa shape index (κ1) is 34.1. The number of hydrogen-bond acceptors (Lipinski definition) is 0. The Kier molecular flexibility index (Phi) is 13.7. The summed E-state index contributed by atoms with van der Waals surface area (Å²) < 4.78 is 0. The standard InChI is InChI=1S/C21H28P.C16H13.2ClH.Ti/c1-3-11-19(12-4-1)22(20-13-5-2-6-14-20)21-15-17-9-7-8-10-18(17)16-21;1-12-10-14-8-5-9-15(16(14)11-12)13-6-3-2-4-7-13;;;/h7-10,15-16,19-20H,1-6,11-14H2;2-11H,1H3;2*1H;/q2*-1;;;+4/p-2. The van der Waals surface area contributed by atoms with E-state index >= 15 is 0 Å². The van der Waals surface area contributed by atoms with Crippen molar-refractivity contribution >= 4 is 34.8 Å². The Hall–Kier alpha value is -1.40. The molecule has 4 heteroatoms. The van der Waals surface area contributed by atoms with Crippen LogP contribution in [0.1, 0.15) is 69.8 Å². The molecule has 2 aliphatic rings. The summed E-state index contributed by atoms with van der Waals surface area (Å²) in [7, 11) is 0.0611. The second-order valence-electron chi connectivity index (χ2n) is 11.5. The van der Waals surface area contributed by atoms with Crippen LogP contribution in [0.25, 0.3) is 32.7 Å². The van der Waals surface area contributed by atoms with Gasteiger partial charge in [0, 0.05) is 0 Å². The molecular weight excluding hydrogens is 594 g/mol. The molecule has 0 nitrogen and oxygen atoms in total. The molecule has 5 aromatic rings. The first-order valence-corrected chi connectivity index (χ1v) is 16.4. The zero-order valence-electron chi connectivity index (χ0n) is 24.2. The van der Waals surface area contributed by atoms with Crippen LogP contribution in [0.4, 0.5) is 0 Å². The Bertz CT molecular complexity index is 1410. The summed E-state index contributed by atoms with van der Waals surface area (Å²) in [5, 5.41) is 7.35. The van der Waals surface area contributed by atoms with Crippen molar-refractivity contribution in [3.05, 3.63) is 103 Å². The van der Waals surface area contributed by atoms with E-state index in [-0.39, 0.29) is 54.5 Å². The largest absolute Gasteiger partial charge is 4.00 e. The van der Waals surface area contributed by atoms with Crippen molar-refractivity contribution in [1.82, 2.24) is 0 Å². The minimum absolute atomic E-state index is 0. The molecule has 2 fully saturated rings. The Morgan fingerprint density at radius 3 is 1.83 bits per heavy atom. The van der Waals surface area contributed by atoms with Gasteiger partial charge in [-0.25, -0.2) is 0 Å². The first-order chi connectivity index (χ1) is 18.8. The zero-order chi connectivity index (χ0) is 25.7. The van der Waals surface area contributed by atoms with Gasteiger partial charge >= 0.3 is 21.7 Å². The average Bonchev–Trinajstić information content (AvgIpc) is 3.57. The van der Waals surface area contributed by atoms with Crippen molar-refractivity contribution in [3.63, 3.8) is 0 Å². The summed E-state index contributed by atoms with van der Waals surface area (Å²) in [5.41, 5.74) is 5.98. The van der Waals surface area contributed by atoms with E-state index in [2.05, 4.69) is 104 Å². The topological polar surface area (TPSA) is 0 Å². The van der Waals surface area contributed by atoms with E-state index in [0.717, 1.165) is 11.3 Å². The van der Waals surface area contributed by atoms with Crippen molar-refractivity contribution in [3.8, 4) is 11.1 Å². The monoisotopic (exact) mass is 634 g/mol. The molecule has 0 aliphatic heterocycles. The van der Waals surface area contributed by atoms with Crippen LogP contribution in [0, 0.1) is 6.92 Å². The molecule has 0 amide bonds. The molecule has 0 radical (unpaired) electrons. The molecule has 0 aromatic heterocycles. The summed E-state index contributed by atoms with van der Waals surface area (Å²) in [4.78, 5) is 0. The molecule has 7 rings (SSSR count). The fraction of sp³-hybridized carbons (Fsp3) is 0.351. The van der Waals surface area contributed by atoms with Gasteiger partial charge in [0.1, 0.15) is 0 Å². The zero-order valence-corrected chi connectivity index (χ0v) is 28.1. The summed E-state index contributed by atoms with van der Waals surface area (Å²) >= 11 is 0. The number of fused-ring (bicyclic) bond motifs is 2. The maximum absolute atomic E-state index is 2.55. The van der Waals surface area contributed by atoms with Crippen molar-refractivity contribution in [2.45, 2.75) is 82.4 Å². The summed E-state index contributed by atoms with van der Waals surface area (Å²) in [6, 6.07) is 35.6. The van der Waals surface area contributed by atoms with Crippen LogP contribution in [-0.2, 0) is 21.7 Å². The van der Waals surface area contributed by atoms with Crippen molar-refractivity contribution in [2.75, 3.05) is 0 Å². The van der Waals surface area contributed by atoms with Gasteiger partial charge in [-0.2, -0.15) is 12.1 Å². The van der Waals surface area contributed by atoms with Gasteiger partial charge in [0.25, 0.3) is 0 Å². The van der Waals surface area contributed by atoms with Crippen LogP contribution in [0.3, 0.4) is 0 Å². The summed E-state index contributed by atoms with van der Waals surface area (Å²) in [6.45, 7) is 2.15. The van der Waals surface area contributed by atoms with Gasteiger partial charge in [0.15, 0.2) is 0 Å². The Balaban J connectivity index is 0.000000219. The molecule has 0 atom stereocenters. The SMILES string of the molecule is Cc1cc2c(-c3ccccc3)cccc2[cH-]1.[Cl-].[Cl-].[Ti+4].c1ccc2[cH-]c(P(C3CCCCC3)C3CCCCC3)cc2c1. The fourth-order valence-corrected chi connectivity index (χ4v) is 10.8. The van der Waals surface area contributed by atoms with Gasteiger partial charge in [-0.1, -0.05) is 101 Å². The summed E-state index contributed by atoms with van der Waals surface area (Å²) in [5.74, 6) is 0. The summed E-state index contributed by atoms with van der Waals surface area (Å²) in [6.07, 6.45) is 14.9. The van der Waals surface area contributed by atoms with Gasteiger partial charge in [0.2, 0.25) is 0 Å². The minimum Gasteiger partial charge on any atom is -1.00 e. The van der Waals surface area contributed by atoms with E-state index in [1.807, 2.05) is 0 Å². The third-order valence-corrected chi connectivity index (χ3v) is 12.3. The van der Waals surface area contributed by atoms with E-state index < -0.39 is 0 Å². The minimum atomic E-state index is 0. The predicted molar refractivity (Wildman–Crippen MR) is 170 cm³/mol. The second-order valence-corrected chi connectivity index (χ2v) is 14.3. The smallest absolute Gasteiger partial charge is 1.00 e. The number of aryl methyl sites for hydroxylation is 1. The van der Waals surface area contributed by atoms with E-state index in [4.69, 9.17) is 0 Å². The van der Waals surface area contributed by atoms with Crippen LogP contribution >= 0.6 is 7.92 Å². The number of hydrogen-bond donors (Lipinski definition) is 0. The van der Waals surface area contributed by atoms with Crippen molar-refractivity contribution in [2.24, 2.45) is 0 Å². The van der Waals surface area contributed by atoms with E-state index in [9.17, 15) is 0 Å². The molecule has 2 saturated carbocycles. The molecule has 212 valence electrons. The van der Waals surface area contributed by atoms with E-state index in [1.165, 1.54) is 102 Å². The molecule has 2 aliphatic carbocycles. The normalized spacial score (nSPS) is 15.9. The molecule has 0 heterocycles. The second kappa shape index (κ2) is 16.5. The van der Waals surface area contributed by atoms with Crippen molar-refractivity contribution < 1.29 is 46.5 Å². The predicted octanol–water partition coefficient (Wildman–Crippen LogP) is 4.87. The maximum Gasteiger partial charge on any atom is 4.00 e. The molecule has 5 aromatic carbocycles. The molecule has 0 unspecified atom stereocenters. The first-order valence-electron chi connectivity index (χ1n) is 14.9. The molecule has 0 N–H and O–H groups in total. The van der Waals surface area contributed by atoms with E-state index in [1.54, 1.807) is 5.30 Å². The Morgan fingerprint density at radius 1 is 0.610 bits per heavy atom. The molecule has 0 saturated heterocycles. The quantitative estimate of drug-likeness (QED) is 0.150. The molecule has 0 bridgehead atoms. The van der Waals surface area contributed by atoms with Crippen LogP contribution in [0.2, 0.25) is 0 Å². The van der Waals surface area contributed by atoms with Crippen LogP contribution in [-0.4, -0.2) is 11.3 Å². The Labute approximate surface area is 275 Å². The van der Waals surface area contributed by atoms with Gasteiger partial charge < -0.3 is 24.8 Å². The van der Waals surface area contributed by atoms with Gasteiger partial charge in [-0.05, 0) is 42.6 Å². The van der Waals surface area contributed by atoms with Crippen LogP contribution in [0.15, 0.2) is 97.1 Å². The third-order valence-electron chi connectivity index (χ3n) is 8.82. The van der Waals surface area contributed by atoms with Crippen LogP contribution in [0.5, 0.6) is 0 Å². The fourth-order valence-electron chi connectivity index (χ4n) is 6.98. The van der Waals surface area contributed by atoms with Gasteiger partial charge in [0.05, 0.1) is 0 Å². The molecule has 41 heavy (non-hydrogen) atoms. The van der Waals surface area contributed by atoms with Gasteiger partial charge in [-0.15, -0.1) is 74.9 Å². The maximum atomic E-state index is 2.55. The number of benzene rings is 3. The number of halogens is 2. The van der Waals surface area contributed by atoms with E-state index in [0.29, 0.717) is 0 Å². The molecule has 0 spiro atoms. The van der Waals surface area contributed by atoms with Crippen LogP contribution < -0.4 is 30.1 Å². The average molecular weight is 635 g/mol. The molecular formula is C37H41Cl2PTi. The third kappa shape index (κ3) is 8.16. The van der Waals surface area contributed by atoms with Gasteiger partial charge in [-0.3, -0.25) is 0 Å². The number of rotatable bonds is 4. The Morgan fingerprint density at radius 2 is 1.20 bits per heavy atom. The van der Waals surface area contributed by atoms with Crippen molar-refractivity contribution in [1.29, 1.82) is 0 Å².